The van der Waals surface area contributed by atoms with Crippen LogP contribution in [0.15, 0.2) is 18.2 Å². The first-order chi connectivity index (χ1) is 13.2. The van der Waals surface area contributed by atoms with Crippen molar-refractivity contribution in [3.8, 4) is 0 Å². The first-order valence-electron chi connectivity index (χ1n) is 9.36. The Kier molecular flexibility index (Phi) is 5.64. The van der Waals surface area contributed by atoms with Crippen LogP contribution in [0.25, 0.3) is 0 Å². The van der Waals surface area contributed by atoms with Gasteiger partial charge < -0.3 is 10.6 Å². The molecule has 1 aromatic rings. The summed E-state index contributed by atoms with van der Waals surface area (Å²) in [6.45, 7) is 3.47. The van der Waals surface area contributed by atoms with Crippen molar-refractivity contribution in [2.45, 2.75) is 51.1 Å². The van der Waals surface area contributed by atoms with Gasteiger partial charge in [-0.15, -0.1) is 0 Å². The number of benzene rings is 1. The van der Waals surface area contributed by atoms with Gasteiger partial charge in [-0.2, -0.15) is 5.01 Å². The van der Waals surface area contributed by atoms with Crippen LogP contribution in [0.4, 0.5) is 13.6 Å². The molecule has 1 aliphatic carbocycles. The number of nitrogens with one attached hydrogen (secondary N) is 3. The second-order valence-corrected chi connectivity index (χ2v) is 7.64. The molecule has 2 aliphatic rings. The van der Waals surface area contributed by atoms with Crippen molar-refractivity contribution < 1.29 is 23.2 Å². The van der Waals surface area contributed by atoms with Crippen molar-refractivity contribution in [1.82, 2.24) is 21.1 Å². The third-order valence-corrected chi connectivity index (χ3v) is 5.52. The van der Waals surface area contributed by atoms with Crippen molar-refractivity contribution in [3.63, 3.8) is 0 Å². The first kappa shape index (κ1) is 20.2. The minimum absolute atomic E-state index is 0.208. The Balaban J connectivity index is 1.56. The molecule has 3 rings (SSSR count). The predicted octanol–water partition coefficient (Wildman–Crippen LogP) is 2.15. The van der Waals surface area contributed by atoms with E-state index in [2.05, 4.69) is 23.0 Å². The molecule has 28 heavy (non-hydrogen) atoms. The topological polar surface area (TPSA) is 90.5 Å². The molecule has 1 saturated heterocycles. The summed E-state index contributed by atoms with van der Waals surface area (Å²) in [5.41, 5.74) is 1.58. The highest BCUT2D eigenvalue weighted by atomic mass is 19.1. The zero-order chi connectivity index (χ0) is 20.5. The lowest BCUT2D eigenvalue weighted by Crippen LogP contribution is -2.52. The molecule has 1 spiro atoms. The number of imide groups is 1. The SMILES string of the molecule is CC1CCC2(CC1)NC(=O)N(NC(=O)CN[C@@H](C)c1ccc(F)cc1F)C2=O. The van der Waals surface area contributed by atoms with Crippen LogP contribution in [-0.4, -0.2) is 34.9 Å². The average molecular weight is 394 g/mol. The van der Waals surface area contributed by atoms with E-state index in [4.69, 9.17) is 0 Å². The van der Waals surface area contributed by atoms with Gasteiger partial charge in [0.1, 0.15) is 17.2 Å². The molecule has 1 aromatic carbocycles. The predicted molar refractivity (Wildman–Crippen MR) is 96.7 cm³/mol. The summed E-state index contributed by atoms with van der Waals surface area (Å²) in [5, 5.41) is 6.24. The Morgan fingerprint density at radius 3 is 2.64 bits per heavy atom. The van der Waals surface area contributed by atoms with Crippen molar-refractivity contribution >= 4 is 17.8 Å². The fourth-order valence-corrected chi connectivity index (χ4v) is 3.69. The van der Waals surface area contributed by atoms with Gasteiger partial charge in [0.05, 0.1) is 6.54 Å². The van der Waals surface area contributed by atoms with Crippen LogP contribution >= 0.6 is 0 Å². The second-order valence-electron chi connectivity index (χ2n) is 7.64. The van der Waals surface area contributed by atoms with Gasteiger partial charge in [-0.3, -0.25) is 15.0 Å². The largest absolute Gasteiger partial charge is 0.344 e. The maximum Gasteiger partial charge on any atom is 0.344 e. The molecule has 0 unspecified atom stereocenters. The Morgan fingerprint density at radius 1 is 1.32 bits per heavy atom. The van der Waals surface area contributed by atoms with Crippen molar-refractivity contribution in [2.24, 2.45) is 5.92 Å². The van der Waals surface area contributed by atoms with E-state index in [1.165, 1.54) is 6.07 Å². The Labute approximate surface area is 161 Å². The van der Waals surface area contributed by atoms with Crippen molar-refractivity contribution in [1.29, 1.82) is 0 Å². The summed E-state index contributed by atoms with van der Waals surface area (Å²) in [6, 6.07) is 1.98. The van der Waals surface area contributed by atoms with Crippen LogP contribution < -0.4 is 16.1 Å². The van der Waals surface area contributed by atoms with Gasteiger partial charge in [-0.05, 0) is 44.6 Å². The molecular formula is C19H24F2N4O3. The molecule has 0 radical (unpaired) electrons. The van der Waals surface area contributed by atoms with Crippen LogP contribution in [-0.2, 0) is 9.59 Å². The molecule has 1 heterocycles. The van der Waals surface area contributed by atoms with Gasteiger partial charge in [0.2, 0.25) is 0 Å². The maximum atomic E-state index is 13.8. The second kappa shape index (κ2) is 7.83. The quantitative estimate of drug-likeness (QED) is 0.668. The lowest BCUT2D eigenvalue weighted by Gasteiger charge is -2.33. The molecule has 1 saturated carbocycles. The molecule has 7 nitrogen and oxygen atoms in total. The number of hydrogen-bond donors (Lipinski definition) is 3. The minimum atomic E-state index is -0.936. The Hall–Kier alpha value is -2.55. The van der Waals surface area contributed by atoms with Crippen LogP contribution in [0.2, 0.25) is 0 Å². The van der Waals surface area contributed by atoms with Crippen LogP contribution in [0.3, 0.4) is 0 Å². The third-order valence-electron chi connectivity index (χ3n) is 5.52. The van der Waals surface area contributed by atoms with E-state index >= 15 is 0 Å². The molecule has 4 amide bonds. The Morgan fingerprint density at radius 2 is 2.00 bits per heavy atom. The van der Waals surface area contributed by atoms with E-state index in [1.807, 2.05) is 0 Å². The summed E-state index contributed by atoms with van der Waals surface area (Å²) >= 11 is 0. The molecule has 152 valence electrons. The van der Waals surface area contributed by atoms with E-state index < -0.39 is 41.1 Å². The molecule has 0 aromatic heterocycles. The van der Waals surface area contributed by atoms with Crippen LogP contribution in [0.5, 0.6) is 0 Å². The number of rotatable bonds is 5. The minimum Gasteiger partial charge on any atom is -0.322 e. The molecular weight excluding hydrogens is 370 g/mol. The summed E-state index contributed by atoms with van der Waals surface area (Å²) in [7, 11) is 0. The van der Waals surface area contributed by atoms with Crippen LogP contribution in [0, 0.1) is 17.6 Å². The summed E-state index contributed by atoms with van der Waals surface area (Å²) in [4.78, 5) is 37.1. The molecule has 1 atom stereocenters. The molecule has 2 fully saturated rings. The first-order valence-corrected chi connectivity index (χ1v) is 9.36. The highest BCUT2D eigenvalue weighted by molar-refractivity contribution is 6.08. The van der Waals surface area contributed by atoms with Gasteiger partial charge in [0, 0.05) is 17.7 Å². The number of hydrogen-bond acceptors (Lipinski definition) is 4. The molecule has 3 N–H and O–H groups in total. The van der Waals surface area contributed by atoms with E-state index in [1.54, 1.807) is 6.92 Å². The molecule has 0 bridgehead atoms. The zero-order valence-corrected chi connectivity index (χ0v) is 15.9. The van der Waals surface area contributed by atoms with E-state index in [9.17, 15) is 23.2 Å². The van der Waals surface area contributed by atoms with Gasteiger partial charge in [-0.1, -0.05) is 13.0 Å². The maximum absolute atomic E-state index is 13.8. The van der Waals surface area contributed by atoms with Gasteiger partial charge in [0.25, 0.3) is 11.8 Å². The summed E-state index contributed by atoms with van der Waals surface area (Å²) in [5.74, 6) is -1.97. The Bertz CT molecular complexity index is 793. The van der Waals surface area contributed by atoms with Gasteiger partial charge >= 0.3 is 6.03 Å². The highest BCUT2D eigenvalue weighted by Gasteiger charge is 2.52. The molecule has 9 heteroatoms. The number of nitrogens with zero attached hydrogens (tertiary/aromatic N) is 1. The highest BCUT2D eigenvalue weighted by Crippen LogP contribution is 2.35. The zero-order valence-electron chi connectivity index (χ0n) is 15.9. The monoisotopic (exact) mass is 394 g/mol. The summed E-state index contributed by atoms with van der Waals surface area (Å²) in [6.07, 6.45) is 2.75. The number of hydrazine groups is 1. The van der Waals surface area contributed by atoms with E-state index in [0.717, 1.165) is 30.0 Å². The van der Waals surface area contributed by atoms with Gasteiger partial charge in [-0.25, -0.2) is 13.6 Å². The van der Waals surface area contributed by atoms with E-state index in [-0.39, 0.29) is 12.1 Å². The summed E-state index contributed by atoms with van der Waals surface area (Å²) < 4.78 is 26.8. The van der Waals surface area contributed by atoms with Crippen molar-refractivity contribution in [3.05, 3.63) is 35.4 Å². The standard InChI is InChI=1S/C19H24F2N4O3/c1-11-5-7-19(8-6-11)17(27)25(18(28)23-19)24-16(26)10-22-12(2)14-4-3-13(20)9-15(14)21/h3-4,9,11-12,22H,5-8,10H2,1-2H3,(H,23,28)(H,24,26)/t11?,12-,19?/m0/s1. The van der Waals surface area contributed by atoms with Crippen LogP contribution in [0.1, 0.15) is 51.1 Å². The lowest BCUT2D eigenvalue weighted by molar-refractivity contribution is -0.139. The fraction of sp³-hybridized carbons (Fsp3) is 0.526. The lowest BCUT2D eigenvalue weighted by atomic mass is 9.77. The number of carbonyl (C=O) groups is 3. The fourth-order valence-electron chi connectivity index (χ4n) is 3.69. The average Bonchev–Trinajstić information content (AvgIpc) is 2.86. The number of carbonyl (C=O) groups excluding carboxylic acids is 3. The number of halogens is 2. The third kappa shape index (κ3) is 3.99. The van der Waals surface area contributed by atoms with E-state index in [0.29, 0.717) is 18.8 Å². The number of urea groups is 1. The smallest absolute Gasteiger partial charge is 0.322 e. The normalized spacial score (nSPS) is 25.7. The van der Waals surface area contributed by atoms with Crippen molar-refractivity contribution in [2.75, 3.05) is 6.54 Å². The molecule has 1 aliphatic heterocycles. The van der Waals surface area contributed by atoms with Gasteiger partial charge in [0.15, 0.2) is 0 Å². The number of amides is 4.